The zero-order chi connectivity index (χ0) is 14.9. The second-order valence-corrected chi connectivity index (χ2v) is 6.92. The Morgan fingerprint density at radius 1 is 1.24 bits per heavy atom. The average molecular weight is 320 g/mol. The first-order valence-electron chi connectivity index (χ1n) is 6.09. The Hall–Kier alpha value is -2.19. The smallest absolute Gasteiger partial charge is 0.265 e. The summed E-state index contributed by atoms with van der Waals surface area (Å²) in [6.07, 6.45) is 3.03. The molecule has 0 unspecified atom stereocenters. The van der Waals surface area contributed by atoms with Crippen molar-refractivity contribution in [1.82, 2.24) is 15.2 Å². The van der Waals surface area contributed by atoms with Crippen molar-refractivity contribution < 1.29 is 8.42 Å². The Morgan fingerprint density at radius 2 is 2.00 bits per heavy atom. The van der Waals surface area contributed by atoms with Crippen molar-refractivity contribution in [2.24, 2.45) is 0 Å². The van der Waals surface area contributed by atoms with Crippen molar-refractivity contribution >= 4 is 27.0 Å². The van der Waals surface area contributed by atoms with Crippen molar-refractivity contribution in [3.05, 3.63) is 47.7 Å². The minimum Gasteiger partial charge on any atom is -0.281 e. The molecule has 3 aromatic rings. The predicted molar refractivity (Wildman–Crippen MR) is 81.7 cm³/mol. The van der Waals surface area contributed by atoms with E-state index in [1.165, 1.54) is 17.5 Å². The van der Waals surface area contributed by atoms with E-state index in [0.29, 0.717) is 11.4 Å². The second kappa shape index (κ2) is 5.30. The van der Waals surface area contributed by atoms with Gasteiger partial charge in [-0.25, -0.2) is 13.4 Å². The molecule has 0 saturated heterocycles. The van der Waals surface area contributed by atoms with Crippen LogP contribution in [0.3, 0.4) is 0 Å². The van der Waals surface area contributed by atoms with Crippen LogP contribution in [0.1, 0.15) is 5.69 Å². The molecular formula is C13H12N4O2S2. The number of benzene rings is 1. The van der Waals surface area contributed by atoms with E-state index >= 15 is 0 Å². The van der Waals surface area contributed by atoms with Gasteiger partial charge in [-0.3, -0.25) is 9.82 Å². The van der Waals surface area contributed by atoms with Crippen LogP contribution in [-0.2, 0) is 10.0 Å². The molecule has 21 heavy (non-hydrogen) atoms. The third-order valence-corrected chi connectivity index (χ3v) is 5.21. The van der Waals surface area contributed by atoms with Gasteiger partial charge in [0.1, 0.15) is 9.90 Å². The van der Waals surface area contributed by atoms with E-state index in [1.807, 2.05) is 17.5 Å². The third kappa shape index (κ3) is 2.81. The molecule has 0 fully saturated rings. The lowest BCUT2D eigenvalue weighted by atomic mass is 10.2. The fraction of sp³-hybridized carbons (Fsp3) is 0.0769. The van der Waals surface area contributed by atoms with E-state index in [4.69, 9.17) is 0 Å². The molecule has 2 N–H and O–H groups in total. The highest BCUT2D eigenvalue weighted by atomic mass is 32.2. The monoisotopic (exact) mass is 320 g/mol. The Labute approximate surface area is 125 Å². The molecule has 8 heteroatoms. The predicted octanol–water partition coefficient (Wildman–Crippen LogP) is 2.64. The minimum atomic E-state index is -3.62. The van der Waals surface area contributed by atoms with Crippen LogP contribution in [0, 0.1) is 6.92 Å². The third-order valence-electron chi connectivity index (χ3n) is 2.89. The van der Waals surface area contributed by atoms with Gasteiger partial charge in [-0.05, 0) is 31.2 Å². The lowest BCUT2D eigenvalue weighted by Crippen LogP contribution is -2.13. The molecule has 0 saturated carbocycles. The van der Waals surface area contributed by atoms with Crippen molar-refractivity contribution in [3.8, 4) is 10.6 Å². The first-order valence-corrected chi connectivity index (χ1v) is 8.45. The molecule has 0 aliphatic rings. The standard InChI is InChI=1S/C13H12N4O2S2/c1-9-12(8-15-16-9)21(18,19)17-11-4-2-10(3-5-11)13-14-6-7-20-13/h2-8,17H,1H3,(H,15,16). The molecule has 6 nitrogen and oxygen atoms in total. The SMILES string of the molecule is Cc1[nH]ncc1S(=O)(=O)Nc1ccc(-c2nccs2)cc1. The molecule has 0 aliphatic carbocycles. The number of thiazole rings is 1. The minimum absolute atomic E-state index is 0.145. The topological polar surface area (TPSA) is 87.7 Å². The first-order chi connectivity index (χ1) is 10.1. The van der Waals surface area contributed by atoms with Crippen LogP contribution in [-0.4, -0.2) is 23.6 Å². The maximum Gasteiger partial charge on any atom is 0.265 e. The normalized spacial score (nSPS) is 11.5. The van der Waals surface area contributed by atoms with Gasteiger partial charge in [-0.1, -0.05) is 0 Å². The number of aromatic amines is 1. The summed E-state index contributed by atoms with van der Waals surface area (Å²) < 4.78 is 27.0. The lowest BCUT2D eigenvalue weighted by Gasteiger charge is -2.07. The molecule has 0 aliphatic heterocycles. The number of nitrogens with zero attached hydrogens (tertiary/aromatic N) is 2. The zero-order valence-corrected chi connectivity index (χ0v) is 12.7. The van der Waals surface area contributed by atoms with Crippen molar-refractivity contribution in [1.29, 1.82) is 0 Å². The van der Waals surface area contributed by atoms with Crippen LogP contribution in [0.5, 0.6) is 0 Å². The fourth-order valence-corrected chi connectivity index (χ4v) is 3.71. The van der Waals surface area contributed by atoms with Gasteiger partial charge < -0.3 is 0 Å². The van der Waals surface area contributed by atoms with Crippen LogP contribution in [0.25, 0.3) is 10.6 Å². The molecule has 0 radical (unpaired) electrons. The molecule has 108 valence electrons. The Morgan fingerprint density at radius 3 is 2.57 bits per heavy atom. The maximum atomic E-state index is 12.2. The summed E-state index contributed by atoms with van der Waals surface area (Å²) in [6, 6.07) is 7.09. The van der Waals surface area contributed by atoms with Crippen LogP contribution in [0.2, 0.25) is 0 Å². The van der Waals surface area contributed by atoms with Crippen molar-refractivity contribution in [3.63, 3.8) is 0 Å². The number of nitrogens with one attached hydrogen (secondary N) is 2. The molecule has 1 aromatic carbocycles. The number of sulfonamides is 1. The van der Waals surface area contributed by atoms with E-state index in [0.717, 1.165) is 10.6 Å². The van der Waals surface area contributed by atoms with Crippen molar-refractivity contribution in [2.75, 3.05) is 4.72 Å². The van der Waals surface area contributed by atoms with Gasteiger partial charge >= 0.3 is 0 Å². The van der Waals surface area contributed by atoms with Crippen LogP contribution in [0.4, 0.5) is 5.69 Å². The average Bonchev–Trinajstić information content (AvgIpc) is 3.10. The van der Waals surface area contributed by atoms with Crippen LogP contribution in [0.15, 0.2) is 46.9 Å². The molecule has 0 bridgehead atoms. The number of aromatic nitrogens is 3. The number of hydrogen-bond acceptors (Lipinski definition) is 5. The summed E-state index contributed by atoms with van der Waals surface area (Å²) in [5.74, 6) is 0. The molecule has 3 rings (SSSR count). The van der Waals surface area contributed by atoms with Crippen molar-refractivity contribution in [2.45, 2.75) is 11.8 Å². The van der Waals surface area contributed by atoms with E-state index in [2.05, 4.69) is 19.9 Å². The van der Waals surface area contributed by atoms with Gasteiger partial charge in [0.15, 0.2) is 0 Å². The van der Waals surface area contributed by atoms with Crippen LogP contribution >= 0.6 is 11.3 Å². The largest absolute Gasteiger partial charge is 0.281 e. The highest BCUT2D eigenvalue weighted by Crippen LogP contribution is 2.24. The summed E-state index contributed by atoms with van der Waals surface area (Å²) in [5, 5.41) is 9.13. The Kier molecular flexibility index (Phi) is 3.48. The number of hydrogen-bond donors (Lipinski definition) is 2. The molecule has 0 amide bonds. The van der Waals surface area contributed by atoms with Crippen LogP contribution < -0.4 is 4.72 Å². The van der Waals surface area contributed by atoms with Gasteiger partial charge in [0, 0.05) is 22.8 Å². The number of rotatable bonds is 4. The quantitative estimate of drug-likeness (QED) is 0.773. The summed E-state index contributed by atoms with van der Waals surface area (Å²) in [4.78, 5) is 4.36. The number of anilines is 1. The summed E-state index contributed by atoms with van der Waals surface area (Å²) in [5.41, 5.74) is 1.95. The van der Waals surface area contributed by atoms with Gasteiger partial charge in [-0.2, -0.15) is 5.10 Å². The molecule has 0 spiro atoms. The summed E-state index contributed by atoms with van der Waals surface area (Å²) in [6.45, 7) is 1.66. The highest BCUT2D eigenvalue weighted by Gasteiger charge is 2.18. The zero-order valence-electron chi connectivity index (χ0n) is 11.1. The molecular weight excluding hydrogens is 308 g/mol. The maximum absolute atomic E-state index is 12.2. The fourth-order valence-electron chi connectivity index (χ4n) is 1.87. The van der Waals surface area contributed by atoms with E-state index in [1.54, 1.807) is 25.3 Å². The summed E-state index contributed by atoms with van der Waals surface area (Å²) in [7, 11) is -3.62. The lowest BCUT2D eigenvalue weighted by molar-refractivity contribution is 0.600. The first kappa shape index (κ1) is 13.8. The Bertz CT molecular complexity index is 837. The highest BCUT2D eigenvalue weighted by molar-refractivity contribution is 7.92. The van der Waals surface area contributed by atoms with E-state index in [-0.39, 0.29) is 4.90 Å². The van der Waals surface area contributed by atoms with Gasteiger partial charge in [0.05, 0.1) is 11.9 Å². The van der Waals surface area contributed by atoms with Gasteiger partial charge in [0.25, 0.3) is 10.0 Å². The number of H-pyrrole nitrogens is 1. The second-order valence-electron chi connectivity index (χ2n) is 4.38. The van der Waals surface area contributed by atoms with E-state index < -0.39 is 10.0 Å². The molecule has 2 heterocycles. The molecule has 2 aromatic heterocycles. The number of aryl methyl sites for hydroxylation is 1. The molecule has 0 atom stereocenters. The van der Waals surface area contributed by atoms with Gasteiger partial charge in [0.2, 0.25) is 0 Å². The van der Waals surface area contributed by atoms with E-state index in [9.17, 15) is 8.42 Å². The van der Waals surface area contributed by atoms with Gasteiger partial charge in [-0.15, -0.1) is 11.3 Å². The Balaban J connectivity index is 1.84. The summed E-state index contributed by atoms with van der Waals surface area (Å²) >= 11 is 1.53.